The maximum atomic E-state index is 11.0. The molecule has 0 radical (unpaired) electrons. The SMILES string of the molecule is CC1CCc2c(CCS(=O)(=O)Cl)cccc2O1. The minimum absolute atomic E-state index is 0.0272. The zero-order valence-electron chi connectivity index (χ0n) is 9.65. The summed E-state index contributed by atoms with van der Waals surface area (Å²) in [5, 5.41) is 0. The van der Waals surface area contributed by atoms with E-state index in [0.717, 1.165) is 29.7 Å². The quantitative estimate of drug-likeness (QED) is 0.796. The molecule has 94 valence electrons. The Bertz CT molecular complexity index is 510. The third-order valence-electron chi connectivity index (χ3n) is 2.97. The van der Waals surface area contributed by atoms with Crippen LogP contribution in [-0.4, -0.2) is 20.3 Å². The van der Waals surface area contributed by atoms with E-state index in [9.17, 15) is 8.42 Å². The highest BCUT2D eigenvalue weighted by atomic mass is 35.7. The van der Waals surface area contributed by atoms with E-state index in [2.05, 4.69) is 0 Å². The number of halogens is 1. The zero-order chi connectivity index (χ0) is 12.5. The molecule has 1 aromatic rings. The molecule has 1 aromatic carbocycles. The van der Waals surface area contributed by atoms with Gasteiger partial charge in [-0.1, -0.05) is 12.1 Å². The van der Waals surface area contributed by atoms with Crippen molar-refractivity contribution in [1.29, 1.82) is 0 Å². The fourth-order valence-electron chi connectivity index (χ4n) is 2.09. The van der Waals surface area contributed by atoms with Crippen LogP contribution in [0, 0.1) is 0 Å². The Kier molecular flexibility index (Phi) is 3.64. The number of ether oxygens (including phenoxy) is 1. The standard InChI is InChI=1S/C12H15ClO3S/c1-9-5-6-11-10(7-8-17(13,14)15)3-2-4-12(11)16-9/h2-4,9H,5-8H2,1H3. The molecular formula is C12H15ClO3S. The average Bonchev–Trinajstić information content (AvgIpc) is 2.24. The molecule has 0 bridgehead atoms. The molecule has 1 unspecified atom stereocenters. The van der Waals surface area contributed by atoms with Crippen molar-refractivity contribution in [3.63, 3.8) is 0 Å². The van der Waals surface area contributed by atoms with Crippen LogP contribution in [0.15, 0.2) is 18.2 Å². The minimum Gasteiger partial charge on any atom is -0.490 e. The fraction of sp³-hybridized carbons (Fsp3) is 0.500. The average molecular weight is 275 g/mol. The number of rotatable bonds is 3. The number of hydrogen-bond donors (Lipinski definition) is 0. The third-order valence-corrected chi connectivity index (χ3v) is 4.13. The van der Waals surface area contributed by atoms with Gasteiger partial charge in [0, 0.05) is 10.7 Å². The fourth-order valence-corrected chi connectivity index (χ4v) is 2.79. The molecule has 0 amide bonds. The Hall–Kier alpha value is -0.740. The van der Waals surface area contributed by atoms with Crippen LogP contribution in [0.25, 0.3) is 0 Å². The Labute approximate surface area is 106 Å². The van der Waals surface area contributed by atoms with E-state index < -0.39 is 9.05 Å². The van der Waals surface area contributed by atoms with Gasteiger partial charge in [0.15, 0.2) is 0 Å². The first kappa shape index (κ1) is 12.7. The Balaban J connectivity index is 2.21. The lowest BCUT2D eigenvalue weighted by molar-refractivity contribution is 0.192. The summed E-state index contributed by atoms with van der Waals surface area (Å²) in [5.41, 5.74) is 2.16. The van der Waals surface area contributed by atoms with E-state index in [-0.39, 0.29) is 11.9 Å². The van der Waals surface area contributed by atoms with Gasteiger partial charge in [0.2, 0.25) is 9.05 Å². The topological polar surface area (TPSA) is 43.4 Å². The van der Waals surface area contributed by atoms with Crippen molar-refractivity contribution in [3.05, 3.63) is 29.3 Å². The lowest BCUT2D eigenvalue weighted by atomic mass is 9.96. The first-order valence-electron chi connectivity index (χ1n) is 5.65. The second-order valence-electron chi connectivity index (χ2n) is 4.35. The molecule has 0 spiro atoms. The Morgan fingerprint density at radius 1 is 1.47 bits per heavy atom. The van der Waals surface area contributed by atoms with E-state index >= 15 is 0 Å². The molecule has 0 aromatic heterocycles. The molecule has 0 saturated heterocycles. The molecule has 0 saturated carbocycles. The first-order valence-corrected chi connectivity index (χ1v) is 8.13. The van der Waals surface area contributed by atoms with Crippen LogP contribution in [0.2, 0.25) is 0 Å². The Morgan fingerprint density at radius 2 is 2.24 bits per heavy atom. The smallest absolute Gasteiger partial charge is 0.232 e. The van der Waals surface area contributed by atoms with Crippen LogP contribution in [0.4, 0.5) is 0 Å². The maximum absolute atomic E-state index is 11.0. The van der Waals surface area contributed by atoms with E-state index in [1.165, 1.54) is 0 Å². The van der Waals surface area contributed by atoms with Gasteiger partial charge >= 0.3 is 0 Å². The second-order valence-corrected chi connectivity index (χ2v) is 7.25. The van der Waals surface area contributed by atoms with Crippen molar-refractivity contribution in [1.82, 2.24) is 0 Å². The van der Waals surface area contributed by atoms with Crippen LogP contribution in [0.5, 0.6) is 5.75 Å². The monoisotopic (exact) mass is 274 g/mol. The largest absolute Gasteiger partial charge is 0.490 e. The molecule has 0 aliphatic carbocycles. The van der Waals surface area contributed by atoms with Crippen LogP contribution < -0.4 is 4.74 Å². The van der Waals surface area contributed by atoms with Gasteiger partial charge in [-0.25, -0.2) is 8.42 Å². The van der Waals surface area contributed by atoms with Crippen molar-refractivity contribution in [2.24, 2.45) is 0 Å². The van der Waals surface area contributed by atoms with Crippen molar-refractivity contribution in [2.75, 3.05) is 5.75 Å². The number of hydrogen-bond acceptors (Lipinski definition) is 3. The number of benzene rings is 1. The number of aryl methyl sites for hydroxylation is 1. The molecule has 1 aliphatic rings. The summed E-state index contributed by atoms with van der Waals surface area (Å²) in [6, 6.07) is 5.77. The van der Waals surface area contributed by atoms with Gasteiger partial charge in [0.25, 0.3) is 0 Å². The normalized spacial score (nSPS) is 19.5. The summed E-state index contributed by atoms with van der Waals surface area (Å²) in [5.74, 6) is 0.855. The lowest BCUT2D eigenvalue weighted by Gasteiger charge is -2.25. The molecule has 0 N–H and O–H groups in total. The highest BCUT2D eigenvalue weighted by molar-refractivity contribution is 8.13. The van der Waals surface area contributed by atoms with Gasteiger partial charge in [-0.15, -0.1) is 0 Å². The van der Waals surface area contributed by atoms with Crippen LogP contribution in [-0.2, 0) is 21.9 Å². The predicted molar refractivity (Wildman–Crippen MR) is 68.2 cm³/mol. The molecule has 3 nitrogen and oxygen atoms in total. The summed E-state index contributed by atoms with van der Waals surface area (Å²) in [4.78, 5) is 0. The molecule has 1 aliphatic heterocycles. The van der Waals surface area contributed by atoms with E-state index in [1.807, 2.05) is 25.1 Å². The molecule has 2 rings (SSSR count). The van der Waals surface area contributed by atoms with Crippen LogP contribution >= 0.6 is 10.7 Å². The molecule has 1 atom stereocenters. The molecule has 1 heterocycles. The van der Waals surface area contributed by atoms with Gasteiger partial charge in [0.1, 0.15) is 5.75 Å². The second kappa shape index (κ2) is 4.86. The van der Waals surface area contributed by atoms with Crippen LogP contribution in [0.3, 0.4) is 0 Å². The molecular weight excluding hydrogens is 260 g/mol. The van der Waals surface area contributed by atoms with Gasteiger partial charge in [-0.05, 0) is 43.4 Å². The highest BCUT2D eigenvalue weighted by Gasteiger charge is 2.19. The van der Waals surface area contributed by atoms with Gasteiger partial charge in [0.05, 0.1) is 11.9 Å². The van der Waals surface area contributed by atoms with Gasteiger partial charge in [-0.2, -0.15) is 0 Å². The van der Waals surface area contributed by atoms with E-state index in [0.29, 0.717) is 6.42 Å². The molecule has 0 fully saturated rings. The Morgan fingerprint density at radius 3 is 2.94 bits per heavy atom. The van der Waals surface area contributed by atoms with Crippen LogP contribution in [0.1, 0.15) is 24.5 Å². The summed E-state index contributed by atoms with van der Waals surface area (Å²) >= 11 is 0. The highest BCUT2D eigenvalue weighted by Crippen LogP contribution is 2.30. The molecule has 17 heavy (non-hydrogen) atoms. The summed E-state index contributed by atoms with van der Waals surface area (Å²) < 4.78 is 27.6. The predicted octanol–water partition coefficient (Wildman–Crippen LogP) is 2.51. The summed E-state index contributed by atoms with van der Waals surface area (Å²) in [6.07, 6.45) is 2.59. The molecule has 5 heteroatoms. The number of fused-ring (bicyclic) bond motifs is 1. The van der Waals surface area contributed by atoms with Crippen molar-refractivity contribution < 1.29 is 13.2 Å². The summed E-state index contributed by atoms with van der Waals surface area (Å²) in [6.45, 7) is 2.04. The van der Waals surface area contributed by atoms with Gasteiger partial charge in [-0.3, -0.25) is 0 Å². The summed E-state index contributed by atoms with van der Waals surface area (Å²) in [7, 11) is 1.80. The van der Waals surface area contributed by atoms with Crippen molar-refractivity contribution in [2.45, 2.75) is 32.3 Å². The van der Waals surface area contributed by atoms with Crippen molar-refractivity contribution in [3.8, 4) is 5.75 Å². The maximum Gasteiger partial charge on any atom is 0.232 e. The lowest BCUT2D eigenvalue weighted by Crippen LogP contribution is -2.20. The first-order chi connectivity index (χ1) is 7.96. The third kappa shape index (κ3) is 3.36. The minimum atomic E-state index is -3.43. The van der Waals surface area contributed by atoms with Crippen molar-refractivity contribution >= 4 is 19.7 Å². The van der Waals surface area contributed by atoms with Gasteiger partial charge < -0.3 is 4.74 Å². The van der Waals surface area contributed by atoms with E-state index in [1.54, 1.807) is 0 Å². The van der Waals surface area contributed by atoms with E-state index in [4.69, 9.17) is 15.4 Å². The zero-order valence-corrected chi connectivity index (χ0v) is 11.2.